The maximum atomic E-state index is 13.4. The van der Waals surface area contributed by atoms with E-state index in [2.05, 4.69) is 15.9 Å². The van der Waals surface area contributed by atoms with Crippen LogP contribution in [0.15, 0.2) is 16.6 Å². The number of carboxylic acids is 1. The second kappa shape index (κ2) is 4.61. The highest BCUT2D eigenvalue weighted by atomic mass is 79.9. The number of benzene rings is 1. The van der Waals surface area contributed by atoms with Gasteiger partial charge in [-0.05, 0) is 35.0 Å². The van der Waals surface area contributed by atoms with E-state index in [0.29, 0.717) is 10.2 Å². The van der Waals surface area contributed by atoms with Crippen molar-refractivity contribution in [1.82, 2.24) is 0 Å². The minimum atomic E-state index is -1.07. The number of rotatable bonds is 3. The third-order valence-electron chi connectivity index (χ3n) is 2.11. The van der Waals surface area contributed by atoms with Crippen LogP contribution in [-0.2, 0) is 4.79 Å². The van der Waals surface area contributed by atoms with Gasteiger partial charge in [-0.2, -0.15) is 0 Å². The van der Waals surface area contributed by atoms with Crippen molar-refractivity contribution in [2.75, 3.05) is 7.11 Å². The molecule has 1 aromatic rings. The SMILES string of the molecule is COc1cc(C(C)C(=O)O)c(F)cc1Br. The van der Waals surface area contributed by atoms with Crippen LogP contribution in [0.4, 0.5) is 4.39 Å². The van der Waals surface area contributed by atoms with Gasteiger partial charge < -0.3 is 9.84 Å². The van der Waals surface area contributed by atoms with Gasteiger partial charge in [-0.25, -0.2) is 4.39 Å². The van der Waals surface area contributed by atoms with Gasteiger partial charge in [-0.1, -0.05) is 0 Å². The van der Waals surface area contributed by atoms with Gasteiger partial charge in [0.05, 0.1) is 17.5 Å². The van der Waals surface area contributed by atoms with Gasteiger partial charge >= 0.3 is 5.97 Å². The molecule has 0 aliphatic carbocycles. The topological polar surface area (TPSA) is 46.5 Å². The Labute approximate surface area is 95.0 Å². The summed E-state index contributed by atoms with van der Waals surface area (Å²) in [5.74, 6) is -2.11. The van der Waals surface area contributed by atoms with Crippen molar-refractivity contribution >= 4 is 21.9 Å². The van der Waals surface area contributed by atoms with Crippen molar-refractivity contribution in [3.63, 3.8) is 0 Å². The zero-order chi connectivity index (χ0) is 11.6. The number of carbonyl (C=O) groups is 1. The quantitative estimate of drug-likeness (QED) is 0.924. The number of halogens is 2. The molecule has 0 saturated carbocycles. The van der Waals surface area contributed by atoms with Crippen LogP contribution in [0, 0.1) is 5.82 Å². The summed E-state index contributed by atoms with van der Waals surface area (Å²) in [5.41, 5.74) is 0.113. The van der Waals surface area contributed by atoms with Gasteiger partial charge in [-0.3, -0.25) is 4.79 Å². The van der Waals surface area contributed by atoms with Crippen molar-refractivity contribution in [3.05, 3.63) is 28.0 Å². The first-order valence-corrected chi connectivity index (χ1v) is 5.02. The van der Waals surface area contributed by atoms with Crippen LogP contribution >= 0.6 is 15.9 Å². The van der Waals surface area contributed by atoms with E-state index in [4.69, 9.17) is 9.84 Å². The maximum Gasteiger partial charge on any atom is 0.310 e. The number of carboxylic acid groups (broad SMARTS) is 1. The van der Waals surface area contributed by atoms with Crippen molar-refractivity contribution in [2.24, 2.45) is 0 Å². The lowest BCUT2D eigenvalue weighted by molar-refractivity contribution is -0.138. The molecule has 1 N–H and O–H groups in total. The molecule has 0 aliphatic rings. The molecule has 82 valence electrons. The number of hydrogen-bond acceptors (Lipinski definition) is 2. The number of hydrogen-bond donors (Lipinski definition) is 1. The van der Waals surface area contributed by atoms with Gasteiger partial charge in [0, 0.05) is 5.56 Å². The summed E-state index contributed by atoms with van der Waals surface area (Å²) in [4.78, 5) is 10.7. The Morgan fingerprint density at radius 1 is 1.60 bits per heavy atom. The molecule has 0 heterocycles. The zero-order valence-corrected chi connectivity index (χ0v) is 9.84. The van der Waals surface area contributed by atoms with E-state index in [0.717, 1.165) is 0 Å². The average Bonchev–Trinajstić information content (AvgIpc) is 2.17. The Kier molecular flexibility index (Phi) is 3.68. The Balaban J connectivity index is 3.24. The second-order valence-electron chi connectivity index (χ2n) is 3.07. The molecule has 0 saturated heterocycles. The van der Waals surface area contributed by atoms with Crippen molar-refractivity contribution in [1.29, 1.82) is 0 Å². The van der Waals surface area contributed by atoms with E-state index in [9.17, 15) is 9.18 Å². The largest absolute Gasteiger partial charge is 0.496 e. The third kappa shape index (κ3) is 2.47. The van der Waals surface area contributed by atoms with Crippen molar-refractivity contribution in [2.45, 2.75) is 12.8 Å². The first kappa shape index (κ1) is 12.0. The van der Waals surface area contributed by atoms with Crippen molar-refractivity contribution in [3.8, 4) is 5.75 Å². The molecule has 0 aromatic heterocycles. The van der Waals surface area contributed by atoms with Crippen LogP contribution in [0.3, 0.4) is 0 Å². The van der Waals surface area contributed by atoms with Gasteiger partial charge in [0.15, 0.2) is 0 Å². The van der Waals surface area contributed by atoms with Crippen LogP contribution in [0.1, 0.15) is 18.4 Å². The van der Waals surface area contributed by atoms with E-state index in [-0.39, 0.29) is 5.56 Å². The Hall–Kier alpha value is -1.10. The lowest BCUT2D eigenvalue weighted by Crippen LogP contribution is -2.09. The molecular formula is C10H10BrFO3. The van der Waals surface area contributed by atoms with Crippen LogP contribution in [0.2, 0.25) is 0 Å². The molecule has 0 radical (unpaired) electrons. The number of ether oxygens (including phenoxy) is 1. The fraction of sp³-hybridized carbons (Fsp3) is 0.300. The maximum absolute atomic E-state index is 13.4. The standard InChI is InChI=1S/C10H10BrFO3/c1-5(10(13)14)6-3-9(15-2)7(11)4-8(6)12/h3-5H,1-2H3,(H,13,14). The lowest BCUT2D eigenvalue weighted by Gasteiger charge is -2.11. The van der Waals surface area contributed by atoms with Gasteiger partial charge in [0.1, 0.15) is 11.6 Å². The highest BCUT2D eigenvalue weighted by Gasteiger charge is 2.19. The monoisotopic (exact) mass is 276 g/mol. The summed E-state index contributed by atoms with van der Waals surface area (Å²) < 4.78 is 18.9. The van der Waals surface area contributed by atoms with E-state index in [1.807, 2.05) is 0 Å². The molecule has 1 aromatic carbocycles. The van der Waals surface area contributed by atoms with Crippen LogP contribution in [-0.4, -0.2) is 18.2 Å². The fourth-order valence-corrected chi connectivity index (χ4v) is 1.64. The van der Waals surface area contributed by atoms with E-state index >= 15 is 0 Å². The van der Waals surface area contributed by atoms with Crippen LogP contribution in [0.25, 0.3) is 0 Å². The molecule has 1 unspecified atom stereocenters. The molecule has 5 heteroatoms. The Morgan fingerprint density at radius 2 is 2.20 bits per heavy atom. The minimum Gasteiger partial charge on any atom is -0.496 e. The average molecular weight is 277 g/mol. The van der Waals surface area contributed by atoms with E-state index in [1.165, 1.54) is 26.2 Å². The van der Waals surface area contributed by atoms with Gasteiger partial charge in [0.2, 0.25) is 0 Å². The molecular weight excluding hydrogens is 267 g/mol. The molecule has 1 rings (SSSR count). The summed E-state index contributed by atoms with van der Waals surface area (Å²) in [6.45, 7) is 1.42. The highest BCUT2D eigenvalue weighted by molar-refractivity contribution is 9.10. The summed E-state index contributed by atoms with van der Waals surface area (Å²) in [6.07, 6.45) is 0. The molecule has 3 nitrogen and oxygen atoms in total. The Morgan fingerprint density at radius 3 is 2.67 bits per heavy atom. The third-order valence-corrected chi connectivity index (χ3v) is 2.73. The summed E-state index contributed by atoms with van der Waals surface area (Å²) >= 11 is 3.12. The number of methoxy groups -OCH3 is 1. The van der Waals surface area contributed by atoms with Crippen molar-refractivity contribution < 1.29 is 19.0 Å². The molecule has 0 spiro atoms. The molecule has 0 bridgehead atoms. The van der Waals surface area contributed by atoms with Gasteiger partial charge in [0.25, 0.3) is 0 Å². The molecule has 0 aliphatic heterocycles. The van der Waals surface area contributed by atoms with Crippen LogP contribution < -0.4 is 4.74 Å². The summed E-state index contributed by atoms with van der Waals surface area (Å²) in [5, 5.41) is 8.77. The van der Waals surface area contributed by atoms with E-state index < -0.39 is 17.7 Å². The minimum absolute atomic E-state index is 0.113. The highest BCUT2D eigenvalue weighted by Crippen LogP contribution is 2.31. The second-order valence-corrected chi connectivity index (χ2v) is 3.92. The smallest absolute Gasteiger partial charge is 0.310 e. The predicted molar refractivity (Wildman–Crippen MR) is 56.7 cm³/mol. The predicted octanol–water partition coefficient (Wildman–Crippen LogP) is 2.78. The molecule has 0 fully saturated rings. The lowest BCUT2D eigenvalue weighted by atomic mass is 10.0. The van der Waals surface area contributed by atoms with Gasteiger partial charge in [-0.15, -0.1) is 0 Å². The summed E-state index contributed by atoms with van der Waals surface area (Å²) in [7, 11) is 1.44. The first-order valence-electron chi connectivity index (χ1n) is 4.23. The molecule has 0 amide bonds. The van der Waals surface area contributed by atoms with Crippen LogP contribution in [0.5, 0.6) is 5.75 Å². The fourth-order valence-electron chi connectivity index (χ4n) is 1.17. The molecule has 1 atom stereocenters. The molecule has 15 heavy (non-hydrogen) atoms. The summed E-state index contributed by atoms with van der Waals surface area (Å²) in [6, 6.07) is 2.59. The van der Waals surface area contributed by atoms with E-state index in [1.54, 1.807) is 0 Å². The first-order chi connectivity index (χ1) is 6.97. The zero-order valence-electron chi connectivity index (χ0n) is 8.25. The number of aliphatic carboxylic acids is 1. The normalized spacial score (nSPS) is 12.3. The Bertz CT molecular complexity index is 392.